The van der Waals surface area contributed by atoms with E-state index in [9.17, 15) is 9.18 Å². The first-order valence-electron chi connectivity index (χ1n) is 6.81. The summed E-state index contributed by atoms with van der Waals surface area (Å²) in [5, 5.41) is 2.91. The van der Waals surface area contributed by atoms with Gasteiger partial charge in [-0.1, -0.05) is 24.3 Å². The maximum atomic E-state index is 13.4. The molecule has 0 aliphatic rings. The van der Waals surface area contributed by atoms with Crippen LogP contribution in [-0.2, 0) is 4.79 Å². The fourth-order valence-corrected chi connectivity index (χ4v) is 2.80. The van der Waals surface area contributed by atoms with Crippen LogP contribution < -0.4 is 5.32 Å². The van der Waals surface area contributed by atoms with Crippen molar-refractivity contribution >= 4 is 23.4 Å². The van der Waals surface area contributed by atoms with Crippen molar-refractivity contribution in [2.75, 3.05) is 11.1 Å². The number of hydrogen-bond donors (Lipinski definition) is 1. The summed E-state index contributed by atoms with van der Waals surface area (Å²) >= 11 is 1.36. The molecule has 0 heterocycles. The zero-order valence-electron chi connectivity index (χ0n) is 12.2. The Hall–Kier alpha value is -1.81. The molecular weight excluding hydrogens is 285 g/mol. The van der Waals surface area contributed by atoms with Crippen LogP contribution >= 0.6 is 11.8 Å². The topological polar surface area (TPSA) is 29.1 Å². The Labute approximate surface area is 128 Å². The van der Waals surface area contributed by atoms with Gasteiger partial charge in [0.05, 0.1) is 0 Å². The lowest BCUT2D eigenvalue weighted by Gasteiger charge is -2.10. The number of rotatable bonds is 5. The molecule has 0 spiro atoms. The van der Waals surface area contributed by atoms with E-state index in [4.69, 9.17) is 0 Å². The number of benzene rings is 2. The molecule has 0 radical (unpaired) electrons. The molecule has 0 aliphatic heterocycles. The third-order valence-electron chi connectivity index (χ3n) is 3.30. The highest BCUT2D eigenvalue weighted by Crippen LogP contribution is 2.22. The minimum atomic E-state index is -0.238. The summed E-state index contributed by atoms with van der Waals surface area (Å²) in [6, 6.07) is 12.4. The molecule has 0 bridgehead atoms. The fourth-order valence-electron chi connectivity index (χ4n) is 1.91. The Morgan fingerprint density at radius 3 is 2.67 bits per heavy atom. The highest BCUT2D eigenvalue weighted by Gasteiger charge is 2.07. The van der Waals surface area contributed by atoms with Crippen LogP contribution in [0.5, 0.6) is 0 Å². The Balaban J connectivity index is 1.85. The lowest BCUT2D eigenvalue weighted by Crippen LogP contribution is -2.13. The van der Waals surface area contributed by atoms with Crippen LogP contribution in [0.2, 0.25) is 0 Å². The molecule has 0 fully saturated rings. The van der Waals surface area contributed by atoms with E-state index in [0.29, 0.717) is 17.1 Å². The number of anilines is 1. The Bertz CT molecular complexity index is 642. The molecule has 2 nitrogen and oxygen atoms in total. The standard InChI is InChI=1S/C17H18FNOS/c1-12-6-5-8-15(13(12)2)19-17(20)10-11-21-16-9-4-3-7-14(16)18/h3-9H,10-11H2,1-2H3,(H,19,20). The molecule has 4 heteroatoms. The summed E-state index contributed by atoms with van der Waals surface area (Å²) in [6.45, 7) is 4.00. The van der Waals surface area contributed by atoms with Gasteiger partial charge in [0.15, 0.2) is 0 Å². The first kappa shape index (κ1) is 15.6. The Kier molecular flexibility index (Phi) is 5.39. The molecule has 0 saturated heterocycles. The van der Waals surface area contributed by atoms with Crippen molar-refractivity contribution < 1.29 is 9.18 Å². The minimum absolute atomic E-state index is 0.0486. The number of hydrogen-bond acceptors (Lipinski definition) is 2. The van der Waals surface area contributed by atoms with Gasteiger partial charge in [-0.2, -0.15) is 0 Å². The molecule has 0 atom stereocenters. The average molecular weight is 303 g/mol. The van der Waals surface area contributed by atoms with Crippen molar-refractivity contribution in [1.29, 1.82) is 0 Å². The third-order valence-corrected chi connectivity index (χ3v) is 4.35. The highest BCUT2D eigenvalue weighted by molar-refractivity contribution is 7.99. The fraction of sp³-hybridized carbons (Fsp3) is 0.235. The normalized spacial score (nSPS) is 10.4. The van der Waals surface area contributed by atoms with Crippen LogP contribution in [0.25, 0.3) is 0 Å². The maximum Gasteiger partial charge on any atom is 0.225 e. The highest BCUT2D eigenvalue weighted by atomic mass is 32.2. The van der Waals surface area contributed by atoms with E-state index in [-0.39, 0.29) is 11.7 Å². The largest absolute Gasteiger partial charge is 0.326 e. The van der Waals surface area contributed by atoms with Crippen LogP contribution in [0.4, 0.5) is 10.1 Å². The summed E-state index contributed by atoms with van der Waals surface area (Å²) in [7, 11) is 0. The summed E-state index contributed by atoms with van der Waals surface area (Å²) in [5.74, 6) is 0.266. The van der Waals surface area contributed by atoms with Crippen molar-refractivity contribution in [3.05, 3.63) is 59.4 Å². The summed E-state index contributed by atoms with van der Waals surface area (Å²) in [6.07, 6.45) is 0.354. The van der Waals surface area contributed by atoms with Crippen molar-refractivity contribution in [3.8, 4) is 0 Å². The predicted molar refractivity (Wildman–Crippen MR) is 86.3 cm³/mol. The van der Waals surface area contributed by atoms with Gasteiger partial charge < -0.3 is 5.32 Å². The van der Waals surface area contributed by atoms with Gasteiger partial charge in [-0.15, -0.1) is 11.8 Å². The number of carbonyl (C=O) groups is 1. The van der Waals surface area contributed by atoms with Gasteiger partial charge in [-0.25, -0.2) is 4.39 Å². The molecular formula is C17H18FNOS. The van der Waals surface area contributed by atoms with Crippen LogP contribution in [0.1, 0.15) is 17.5 Å². The molecule has 0 aromatic heterocycles. The predicted octanol–water partition coefficient (Wildman–Crippen LogP) is 4.56. The first-order valence-corrected chi connectivity index (χ1v) is 7.80. The summed E-state index contributed by atoms with van der Waals surface area (Å²) in [4.78, 5) is 12.5. The van der Waals surface area contributed by atoms with Gasteiger partial charge in [0.25, 0.3) is 0 Å². The van der Waals surface area contributed by atoms with Crippen LogP contribution in [0.15, 0.2) is 47.4 Å². The summed E-state index contributed by atoms with van der Waals surface area (Å²) in [5.41, 5.74) is 3.07. The third kappa shape index (κ3) is 4.33. The average Bonchev–Trinajstić information content (AvgIpc) is 2.46. The van der Waals surface area contributed by atoms with Gasteiger partial charge in [0, 0.05) is 22.8 Å². The van der Waals surface area contributed by atoms with Gasteiger partial charge in [-0.05, 0) is 43.2 Å². The molecule has 1 amide bonds. The Morgan fingerprint density at radius 1 is 1.14 bits per heavy atom. The van der Waals surface area contributed by atoms with E-state index in [0.717, 1.165) is 16.8 Å². The number of aryl methyl sites for hydroxylation is 1. The van der Waals surface area contributed by atoms with Gasteiger partial charge in [0.1, 0.15) is 5.82 Å². The zero-order valence-corrected chi connectivity index (χ0v) is 13.0. The molecule has 2 aromatic carbocycles. The monoisotopic (exact) mass is 303 g/mol. The van der Waals surface area contributed by atoms with Crippen molar-refractivity contribution in [2.24, 2.45) is 0 Å². The minimum Gasteiger partial charge on any atom is -0.326 e. The van der Waals surface area contributed by atoms with Crippen molar-refractivity contribution in [2.45, 2.75) is 25.2 Å². The number of nitrogens with one attached hydrogen (secondary N) is 1. The van der Waals surface area contributed by atoms with Crippen LogP contribution in [0, 0.1) is 19.7 Å². The molecule has 0 saturated carbocycles. The van der Waals surface area contributed by atoms with Crippen molar-refractivity contribution in [1.82, 2.24) is 0 Å². The number of halogens is 1. The SMILES string of the molecule is Cc1cccc(NC(=O)CCSc2ccccc2F)c1C. The number of carbonyl (C=O) groups excluding carboxylic acids is 1. The quantitative estimate of drug-likeness (QED) is 0.820. The van der Waals surface area contributed by atoms with Gasteiger partial charge >= 0.3 is 0 Å². The van der Waals surface area contributed by atoms with E-state index in [1.807, 2.05) is 32.0 Å². The molecule has 1 N–H and O–H groups in total. The Morgan fingerprint density at radius 2 is 1.90 bits per heavy atom. The van der Waals surface area contributed by atoms with E-state index in [2.05, 4.69) is 5.32 Å². The second-order valence-electron chi connectivity index (χ2n) is 4.82. The first-order chi connectivity index (χ1) is 10.1. The molecule has 21 heavy (non-hydrogen) atoms. The second-order valence-corrected chi connectivity index (χ2v) is 5.96. The molecule has 0 unspecified atom stereocenters. The second kappa shape index (κ2) is 7.27. The van der Waals surface area contributed by atoms with Crippen LogP contribution in [0.3, 0.4) is 0 Å². The lowest BCUT2D eigenvalue weighted by atomic mass is 10.1. The maximum absolute atomic E-state index is 13.4. The lowest BCUT2D eigenvalue weighted by molar-refractivity contribution is -0.115. The van der Waals surface area contributed by atoms with E-state index in [1.165, 1.54) is 17.8 Å². The van der Waals surface area contributed by atoms with Gasteiger partial charge in [-0.3, -0.25) is 4.79 Å². The summed E-state index contributed by atoms with van der Waals surface area (Å²) < 4.78 is 13.4. The van der Waals surface area contributed by atoms with Crippen molar-refractivity contribution in [3.63, 3.8) is 0 Å². The van der Waals surface area contributed by atoms with Gasteiger partial charge in [0.2, 0.25) is 5.91 Å². The zero-order chi connectivity index (χ0) is 15.2. The molecule has 0 aliphatic carbocycles. The number of thioether (sulfide) groups is 1. The smallest absolute Gasteiger partial charge is 0.225 e. The molecule has 2 aromatic rings. The van der Waals surface area contributed by atoms with E-state index >= 15 is 0 Å². The molecule has 2 rings (SSSR count). The molecule has 110 valence electrons. The van der Waals surface area contributed by atoms with E-state index in [1.54, 1.807) is 18.2 Å². The van der Waals surface area contributed by atoms with Crippen LogP contribution in [-0.4, -0.2) is 11.7 Å². The van der Waals surface area contributed by atoms with E-state index < -0.39 is 0 Å². The number of amides is 1.